The van der Waals surface area contributed by atoms with Crippen molar-refractivity contribution in [3.63, 3.8) is 0 Å². The van der Waals surface area contributed by atoms with Crippen LogP contribution in [0.2, 0.25) is 0 Å². The molecule has 3 heterocycles. The lowest BCUT2D eigenvalue weighted by molar-refractivity contribution is 0.606. The van der Waals surface area contributed by atoms with Gasteiger partial charge >= 0.3 is 0 Å². The van der Waals surface area contributed by atoms with Crippen LogP contribution < -0.4 is 9.62 Å². The van der Waals surface area contributed by atoms with Gasteiger partial charge in [-0.05, 0) is 42.7 Å². The van der Waals surface area contributed by atoms with E-state index in [-0.39, 0.29) is 0 Å². The molecule has 1 aliphatic rings. The first-order valence-corrected chi connectivity index (χ1v) is 9.82. The molecule has 9 heteroatoms. The molecule has 0 amide bonds. The second-order valence-electron chi connectivity index (χ2n) is 6.20. The van der Waals surface area contributed by atoms with Crippen LogP contribution in [0.3, 0.4) is 0 Å². The van der Waals surface area contributed by atoms with Crippen LogP contribution >= 0.6 is 0 Å². The summed E-state index contributed by atoms with van der Waals surface area (Å²) in [7, 11) is -3.29. The molecule has 25 heavy (non-hydrogen) atoms. The van der Waals surface area contributed by atoms with E-state index in [1.807, 2.05) is 31.2 Å². The maximum atomic E-state index is 11.6. The smallest absolute Gasteiger partial charge is 0.229 e. The molecule has 0 saturated heterocycles. The van der Waals surface area contributed by atoms with E-state index < -0.39 is 10.0 Å². The van der Waals surface area contributed by atoms with Crippen LogP contribution in [0.15, 0.2) is 30.3 Å². The molecule has 2 aromatic heterocycles. The molecule has 0 atom stereocenters. The van der Waals surface area contributed by atoms with Crippen LogP contribution in [-0.4, -0.2) is 41.0 Å². The Hall–Kier alpha value is -2.68. The number of aryl methyl sites for hydroxylation is 1. The van der Waals surface area contributed by atoms with Crippen molar-refractivity contribution in [1.82, 2.24) is 19.8 Å². The van der Waals surface area contributed by atoms with Crippen LogP contribution in [0, 0.1) is 6.92 Å². The van der Waals surface area contributed by atoms with E-state index in [9.17, 15) is 8.42 Å². The molecule has 4 rings (SSSR count). The first-order chi connectivity index (χ1) is 11.9. The van der Waals surface area contributed by atoms with Gasteiger partial charge in [0.15, 0.2) is 11.5 Å². The van der Waals surface area contributed by atoms with Gasteiger partial charge in [-0.25, -0.2) is 8.42 Å². The molecule has 0 radical (unpaired) electrons. The lowest BCUT2D eigenvalue weighted by Crippen LogP contribution is -2.32. The summed E-state index contributed by atoms with van der Waals surface area (Å²) in [5.41, 5.74) is 3.53. The van der Waals surface area contributed by atoms with Gasteiger partial charge in [0.1, 0.15) is 5.82 Å². The quantitative estimate of drug-likeness (QED) is 0.760. The Kier molecular flexibility index (Phi) is 3.60. The van der Waals surface area contributed by atoms with E-state index >= 15 is 0 Å². The third kappa shape index (κ3) is 3.02. The van der Waals surface area contributed by atoms with Crippen molar-refractivity contribution >= 4 is 27.2 Å². The van der Waals surface area contributed by atoms with Gasteiger partial charge in [0.25, 0.3) is 0 Å². The van der Waals surface area contributed by atoms with Crippen molar-refractivity contribution in [3.05, 3.63) is 47.3 Å². The number of nitrogens with zero attached hydrogens (tertiary/aromatic N) is 5. The first kappa shape index (κ1) is 15.8. The normalized spacial score (nSPS) is 14.6. The maximum absolute atomic E-state index is 11.6. The van der Waals surface area contributed by atoms with Gasteiger partial charge in [-0.1, -0.05) is 12.1 Å². The van der Waals surface area contributed by atoms with E-state index in [0.29, 0.717) is 12.2 Å². The Morgan fingerprint density at radius 2 is 2.00 bits per heavy atom. The van der Waals surface area contributed by atoms with E-state index in [1.165, 1.54) is 6.26 Å². The summed E-state index contributed by atoms with van der Waals surface area (Å²) >= 11 is 0. The van der Waals surface area contributed by atoms with E-state index in [1.54, 1.807) is 10.6 Å². The van der Waals surface area contributed by atoms with Crippen LogP contribution in [-0.2, 0) is 23.0 Å². The second-order valence-corrected chi connectivity index (χ2v) is 7.95. The molecule has 0 spiro atoms. The van der Waals surface area contributed by atoms with Crippen molar-refractivity contribution in [2.24, 2.45) is 0 Å². The van der Waals surface area contributed by atoms with Gasteiger partial charge in [0, 0.05) is 13.1 Å². The molecule has 0 aliphatic carbocycles. The molecule has 0 fully saturated rings. The van der Waals surface area contributed by atoms with Crippen molar-refractivity contribution in [2.45, 2.75) is 19.9 Å². The molecule has 0 unspecified atom stereocenters. The standard InChI is InChI=1S/C16H18N6O2S/c1-11-17-18-15-6-7-16(19-22(11)15)21-9-8-13-12(10-21)4-3-5-14(13)20-25(2,23)24/h3-7,20H,8-10H2,1-2H3. The fourth-order valence-electron chi connectivity index (χ4n) is 3.16. The number of fused-ring (bicyclic) bond motifs is 2. The number of anilines is 2. The van der Waals surface area contributed by atoms with Crippen molar-refractivity contribution in [3.8, 4) is 0 Å². The topological polar surface area (TPSA) is 92.5 Å². The first-order valence-electron chi connectivity index (χ1n) is 7.93. The Balaban J connectivity index is 1.66. The Morgan fingerprint density at radius 1 is 1.16 bits per heavy atom. The molecule has 1 N–H and O–H groups in total. The number of hydrogen-bond acceptors (Lipinski definition) is 6. The van der Waals surface area contributed by atoms with E-state index in [2.05, 4.69) is 24.9 Å². The summed E-state index contributed by atoms with van der Waals surface area (Å²) in [5.74, 6) is 1.59. The Morgan fingerprint density at radius 3 is 2.80 bits per heavy atom. The highest BCUT2D eigenvalue weighted by molar-refractivity contribution is 7.92. The van der Waals surface area contributed by atoms with Crippen LogP contribution in [0.25, 0.3) is 5.65 Å². The van der Waals surface area contributed by atoms with Crippen molar-refractivity contribution in [1.29, 1.82) is 0 Å². The van der Waals surface area contributed by atoms with Crippen LogP contribution in [0.1, 0.15) is 17.0 Å². The zero-order valence-electron chi connectivity index (χ0n) is 14.0. The summed E-state index contributed by atoms with van der Waals surface area (Å²) in [6.07, 6.45) is 1.91. The van der Waals surface area contributed by atoms with Gasteiger partial charge in [-0.15, -0.1) is 15.3 Å². The fraction of sp³-hybridized carbons (Fsp3) is 0.312. The molecular weight excluding hydrogens is 340 g/mol. The Labute approximate surface area is 145 Å². The molecule has 1 aromatic carbocycles. The molecule has 0 bridgehead atoms. The molecular formula is C16H18N6O2S. The largest absolute Gasteiger partial charge is 0.351 e. The Bertz CT molecular complexity index is 1060. The van der Waals surface area contributed by atoms with E-state index in [4.69, 9.17) is 0 Å². The average Bonchev–Trinajstić information content (AvgIpc) is 2.94. The number of aromatic nitrogens is 4. The number of sulfonamides is 1. The zero-order valence-corrected chi connectivity index (χ0v) is 14.8. The van der Waals surface area contributed by atoms with Gasteiger partial charge in [-0.3, -0.25) is 4.72 Å². The minimum Gasteiger partial charge on any atom is -0.351 e. The summed E-state index contributed by atoms with van der Waals surface area (Å²) < 4.78 is 27.5. The fourth-order valence-corrected chi connectivity index (χ4v) is 3.75. The highest BCUT2D eigenvalue weighted by Gasteiger charge is 2.21. The highest BCUT2D eigenvalue weighted by atomic mass is 32.2. The van der Waals surface area contributed by atoms with Gasteiger partial charge < -0.3 is 4.90 Å². The second kappa shape index (κ2) is 5.69. The SMILES string of the molecule is Cc1nnc2ccc(N3CCc4c(cccc4NS(C)(=O)=O)C3)nn12. The lowest BCUT2D eigenvalue weighted by atomic mass is 9.98. The van der Waals surface area contributed by atoms with Crippen molar-refractivity contribution < 1.29 is 8.42 Å². The monoisotopic (exact) mass is 358 g/mol. The summed E-state index contributed by atoms with van der Waals surface area (Å²) in [5, 5.41) is 12.7. The summed E-state index contributed by atoms with van der Waals surface area (Å²) in [4.78, 5) is 2.17. The molecule has 3 aromatic rings. The summed E-state index contributed by atoms with van der Waals surface area (Å²) in [6.45, 7) is 3.30. The van der Waals surface area contributed by atoms with Gasteiger partial charge in [0.05, 0.1) is 11.9 Å². The molecule has 130 valence electrons. The van der Waals surface area contributed by atoms with Crippen LogP contribution in [0.4, 0.5) is 11.5 Å². The third-order valence-corrected chi connectivity index (χ3v) is 4.88. The zero-order chi connectivity index (χ0) is 17.6. The number of rotatable bonds is 3. The number of hydrogen-bond donors (Lipinski definition) is 1. The van der Waals surface area contributed by atoms with E-state index in [0.717, 1.165) is 41.4 Å². The van der Waals surface area contributed by atoms with Gasteiger partial charge in [-0.2, -0.15) is 4.52 Å². The highest BCUT2D eigenvalue weighted by Crippen LogP contribution is 2.29. The third-order valence-electron chi connectivity index (χ3n) is 4.29. The molecule has 0 saturated carbocycles. The lowest BCUT2D eigenvalue weighted by Gasteiger charge is -2.30. The van der Waals surface area contributed by atoms with Crippen molar-refractivity contribution in [2.75, 3.05) is 22.4 Å². The minimum atomic E-state index is -3.29. The predicted octanol–water partition coefficient (Wildman–Crippen LogP) is 1.37. The number of benzene rings is 1. The maximum Gasteiger partial charge on any atom is 0.229 e. The average molecular weight is 358 g/mol. The molecule has 1 aliphatic heterocycles. The summed E-state index contributed by atoms with van der Waals surface area (Å²) in [6, 6.07) is 9.54. The number of nitrogens with one attached hydrogen (secondary N) is 1. The minimum absolute atomic E-state index is 0.665. The predicted molar refractivity (Wildman–Crippen MR) is 95.2 cm³/mol. The molecule has 8 nitrogen and oxygen atoms in total. The van der Waals surface area contributed by atoms with Crippen LogP contribution in [0.5, 0.6) is 0 Å². The van der Waals surface area contributed by atoms with Gasteiger partial charge in [0.2, 0.25) is 10.0 Å².